The Labute approximate surface area is 158 Å². The van der Waals surface area contributed by atoms with E-state index < -0.39 is 0 Å². The summed E-state index contributed by atoms with van der Waals surface area (Å²) in [6.45, 7) is 4.73. The van der Waals surface area contributed by atoms with Gasteiger partial charge in [-0.05, 0) is 38.1 Å². The van der Waals surface area contributed by atoms with Gasteiger partial charge in [-0.1, -0.05) is 11.6 Å². The van der Waals surface area contributed by atoms with Gasteiger partial charge >= 0.3 is 0 Å². The smallest absolute Gasteiger partial charge is 0.255 e. The van der Waals surface area contributed by atoms with Crippen LogP contribution >= 0.6 is 11.6 Å². The summed E-state index contributed by atoms with van der Waals surface area (Å²) in [6, 6.07) is 8.21. The summed E-state index contributed by atoms with van der Waals surface area (Å²) in [7, 11) is 3.01. The van der Waals surface area contributed by atoms with Gasteiger partial charge in [-0.2, -0.15) is 0 Å². The second-order valence-electron chi connectivity index (χ2n) is 5.17. The van der Waals surface area contributed by atoms with E-state index in [2.05, 4.69) is 5.32 Å². The Morgan fingerprint density at radius 2 is 1.58 bits per heavy atom. The predicted molar refractivity (Wildman–Crippen MR) is 101 cm³/mol. The van der Waals surface area contributed by atoms with Gasteiger partial charge in [0.2, 0.25) is 0 Å². The summed E-state index contributed by atoms with van der Waals surface area (Å²) < 4.78 is 21.5. The molecule has 2 aromatic carbocycles. The van der Waals surface area contributed by atoms with Crippen molar-refractivity contribution in [3.63, 3.8) is 0 Å². The van der Waals surface area contributed by atoms with Crippen LogP contribution < -0.4 is 24.3 Å². The van der Waals surface area contributed by atoms with E-state index in [1.54, 1.807) is 30.3 Å². The van der Waals surface area contributed by atoms with Crippen molar-refractivity contribution in [3.05, 3.63) is 40.9 Å². The zero-order chi connectivity index (χ0) is 19.1. The van der Waals surface area contributed by atoms with Crippen LogP contribution in [0.3, 0.4) is 0 Å². The number of hydrogen-bond acceptors (Lipinski definition) is 5. The third kappa shape index (κ3) is 4.52. The maximum absolute atomic E-state index is 12.6. The maximum atomic E-state index is 12.6. The molecule has 0 spiro atoms. The molecule has 0 bridgehead atoms. The molecule has 0 saturated heterocycles. The van der Waals surface area contributed by atoms with E-state index in [1.165, 1.54) is 14.2 Å². The average Bonchev–Trinajstić information content (AvgIpc) is 2.63. The molecule has 0 aliphatic rings. The summed E-state index contributed by atoms with van der Waals surface area (Å²) in [5.41, 5.74) is 0.862. The molecule has 0 aliphatic heterocycles. The lowest BCUT2D eigenvalue weighted by atomic mass is 10.1. The second kappa shape index (κ2) is 9.20. The molecular weight excluding hydrogens is 358 g/mol. The van der Waals surface area contributed by atoms with Crippen LogP contribution in [0.25, 0.3) is 0 Å². The summed E-state index contributed by atoms with van der Waals surface area (Å²) in [5.74, 6) is 1.68. The number of carbonyl (C=O) groups is 1. The van der Waals surface area contributed by atoms with Crippen LogP contribution in [0.1, 0.15) is 24.2 Å². The minimum atomic E-state index is -0.325. The van der Waals surface area contributed by atoms with E-state index >= 15 is 0 Å². The van der Waals surface area contributed by atoms with E-state index in [4.69, 9.17) is 30.5 Å². The monoisotopic (exact) mass is 379 g/mol. The molecule has 0 unspecified atom stereocenters. The topological polar surface area (TPSA) is 66.0 Å². The number of nitrogens with one attached hydrogen (secondary N) is 1. The normalized spacial score (nSPS) is 10.2. The zero-order valence-electron chi connectivity index (χ0n) is 15.2. The number of carbonyl (C=O) groups excluding carboxylic acids is 1. The first kappa shape index (κ1) is 19.7. The van der Waals surface area contributed by atoms with Crippen molar-refractivity contribution in [2.24, 2.45) is 0 Å². The van der Waals surface area contributed by atoms with Gasteiger partial charge in [0.25, 0.3) is 5.91 Å². The van der Waals surface area contributed by atoms with Gasteiger partial charge in [-0.15, -0.1) is 0 Å². The first-order valence-corrected chi connectivity index (χ1v) is 8.54. The lowest BCUT2D eigenvalue weighted by molar-refractivity contribution is 0.102. The first-order valence-electron chi connectivity index (χ1n) is 8.16. The molecule has 6 nitrogen and oxygen atoms in total. The standard InChI is InChI=1S/C19H22ClNO5/c1-5-25-15-8-7-12(9-18(15)26-6-2)19(22)21-14-10-13(20)16(23-3)11-17(14)24-4/h7-11H,5-6H2,1-4H3,(H,21,22). The summed E-state index contributed by atoms with van der Waals surface area (Å²) >= 11 is 6.14. The molecule has 26 heavy (non-hydrogen) atoms. The third-order valence-electron chi connectivity index (χ3n) is 3.53. The molecular formula is C19H22ClNO5. The molecule has 2 rings (SSSR count). The molecule has 7 heteroatoms. The highest BCUT2D eigenvalue weighted by Crippen LogP contribution is 2.36. The van der Waals surface area contributed by atoms with Crippen molar-refractivity contribution in [2.45, 2.75) is 13.8 Å². The molecule has 0 saturated carbocycles. The average molecular weight is 380 g/mol. The molecule has 0 aromatic heterocycles. The molecule has 1 amide bonds. The number of halogens is 1. The molecule has 0 atom stereocenters. The van der Waals surface area contributed by atoms with Crippen molar-refractivity contribution in [2.75, 3.05) is 32.8 Å². The van der Waals surface area contributed by atoms with Crippen LogP contribution in [-0.2, 0) is 0 Å². The first-order chi connectivity index (χ1) is 12.5. The fraction of sp³-hybridized carbons (Fsp3) is 0.316. The van der Waals surface area contributed by atoms with Gasteiger partial charge < -0.3 is 24.3 Å². The van der Waals surface area contributed by atoms with E-state index in [0.29, 0.717) is 52.5 Å². The van der Waals surface area contributed by atoms with Crippen LogP contribution in [0.2, 0.25) is 5.02 Å². The van der Waals surface area contributed by atoms with Crippen LogP contribution in [-0.4, -0.2) is 33.3 Å². The summed E-state index contributed by atoms with van der Waals surface area (Å²) in [4.78, 5) is 12.6. The largest absolute Gasteiger partial charge is 0.495 e. The zero-order valence-corrected chi connectivity index (χ0v) is 16.0. The Morgan fingerprint density at radius 1 is 0.923 bits per heavy atom. The van der Waals surface area contributed by atoms with Gasteiger partial charge in [0.15, 0.2) is 11.5 Å². The Bertz CT molecular complexity index is 779. The van der Waals surface area contributed by atoms with Gasteiger partial charge in [0, 0.05) is 11.6 Å². The molecule has 2 aromatic rings. The minimum absolute atomic E-state index is 0.325. The maximum Gasteiger partial charge on any atom is 0.255 e. The van der Waals surface area contributed by atoms with E-state index in [-0.39, 0.29) is 5.91 Å². The Hall–Kier alpha value is -2.60. The summed E-state index contributed by atoms with van der Waals surface area (Å²) in [5, 5.41) is 3.16. The molecule has 140 valence electrons. The summed E-state index contributed by atoms with van der Waals surface area (Å²) in [6.07, 6.45) is 0. The Balaban J connectivity index is 2.30. The van der Waals surface area contributed by atoms with Crippen molar-refractivity contribution < 1.29 is 23.7 Å². The van der Waals surface area contributed by atoms with Gasteiger partial charge in [-0.3, -0.25) is 4.79 Å². The molecule has 0 aliphatic carbocycles. The minimum Gasteiger partial charge on any atom is -0.495 e. The number of amides is 1. The lowest BCUT2D eigenvalue weighted by Gasteiger charge is -2.14. The predicted octanol–water partition coefficient (Wildman–Crippen LogP) is 4.41. The highest BCUT2D eigenvalue weighted by atomic mass is 35.5. The fourth-order valence-electron chi connectivity index (χ4n) is 2.34. The molecule has 0 radical (unpaired) electrons. The number of rotatable bonds is 8. The van der Waals surface area contributed by atoms with Crippen molar-refractivity contribution in [3.8, 4) is 23.0 Å². The van der Waals surface area contributed by atoms with E-state index in [0.717, 1.165) is 0 Å². The molecule has 0 heterocycles. The van der Waals surface area contributed by atoms with Gasteiger partial charge in [-0.25, -0.2) is 0 Å². The SMILES string of the molecule is CCOc1ccc(C(=O)Nc2cc(Cl)c(OC)cc2OC)cc1OCC. The van der Waals surface area contributed by atoms with E-state index in [9.17, 15) is 4.79 Å². The van der Waals surface area contributed by atoms with Gasteiger partial charge in [0.05, 0.1) is 38.1 Å². The van der Waals surface area contributed by atoms with Gasteiger partial charge in [0.1, 0.15) is 11.5 Å². The lowest BCUT2D eigenvalue weighted by Crippen LogP contribution is -2.13. The van der Waals surface area contributed by atoms with Crippen LogP contribution in [0.5, 0.6) is 23.0 Å². The number of hydrogen-bond donors (Lipinski definition) is 1. The quantitative estimate of drug-likeness (QED) is 0.736. The van der Waals surface area contributed by atoms with E-state index in [1.807, 2.05) is 13.8 Å². The third-order valence-corrected chi connectivity index (χ3v) is 3.82. The van der Waals surface area contributed by atoms with Crippen LogP contribution in [0.4, 0.5) is 5.69 Å². The Kier molecular flexibility index (Phi) is 6.97. The van der Waals surface area contributed by atoms with Crippen molar-refractivity contribution >= 4 is 23.2 Å². The number of benzene rings is 2. The highest BCUT2D eigenvalue weighted by molar-refractivity contribution is 6.32. The van der Waals surface area contributed by atoms with Crippen molar-refractivity contribution in [1.29, 1.82) is 0 Å². The van der Waals surface area contributed by atoms with Crippen molar-refractivity contribution in [1.82, 2.24) is 0 Å². The van der Waals surface area contributed by atoms with Crippen LogP contribution in [0.15, 0.2) is 30.3 Å². The number of methoxy groups -OCH3 is 2. The second-order valence-corrected chi connectivity index (χ2v) is 5.58. The number of ether oxygens (including phenoxy) is 4. The van der Waals surface area contributed by atoms with Crippen LogP contribution in [0, 0.1) is 0 Å². The fourth-order valence-corrected chi connectivity index (χ4v) is 2.59. The molecule has 0 fully saturated rings. The highest BCUT2D eigenvalue weighted by Gasteiger charge is 2.16. The number of anilines is 1. The molecule has 1 N–H and O–H groups in total. The Morgan fingerprint density at radius 3 is 2.19 bits per heavy atom.